The van der Waals surface area contributed by atoms with Crippen LogP contribution in [0.4, 0.5) is 0 Å². The number of hydrogen-bond donors (Lipinski definition) is 0. The largest absolute Gasteiger partial charge is 0.455 e. The highest BCUT2D eigenvalue weighted by Crippen LogP contribution is 2.46. The molecule has 262 valence electrons. The highest BCUT2D eigenvalue weighted by molar-refractivity contribution is 7.26. The van der Waals surface area contributed by atoms with Gasteiger partial charge in [-0.3, -0.25) is 0 Å². The van der Waals surface area contributed by atoms with Gasteiger partial charge >= 0.3 is 0 Å². The van der Waals surface area contributed by atoms with Crippen molar-refractivity contribution in [1.82, 2.24) is 9.97 Å². The number of nitrogens with zero attached hydrogens (tertiary/aromatic N) is 2. The van der Waals surface area contributed by atoms with Crippen LogP contribution in [0, 0.1) is 0 Å². The van der Waals surface area contributed by atoms with Crippen molar-refractivity contribution in [2.24, 2.45) is 0 Å². The Morgan fingerprint density at radius 3 is 1.66 bits per heavy atom. The second-order valence-corrected chi connectivity index (χ2v) is 15.1. The van der Waals surface area contributed by atoms with Gasteiger partial charge in [-0.25, -0.2) is 9.97 Å². The predicted octanol–water partition coefficient (Wildman–Crippen LogP) is 14.7. The Morgan fingerprint density at radius 2 is 0.929 bits per heavy atom. The Bertz CT molecular complexity index is 3220. The molecule has 8 aromatic carbocycles. The lowest BCUT2D eigenvalue weighted by Gasteiger charge is -2.12. The number of benzene rings is 8. The highest BCUT2D eigenvalue weighted by Gasteiger charge is 2.21. The zero-order chi connectivity index (χ0) is 37.0. The fourth-order valence-corrected chi connectivity index (χ4v) is 9.21. The number of para-hydroxylation sites is 1. The molecular formula is C52H32N2OS. The van der Waals surface area contributed by atoms with Crippen LogP contribution in [0.15, 0.2) is 199 Å². The Hall–Kier alpha value is -7.14. The molecule has 0 bridgehead atoms. The summed E-state index contributed by atoms with van der Waals surface area (Å²) in [4.78, 5) is 10.5. The van der Waals surface area contributed by atoms with E-state index in [1.807, 2.05) is 29.5 Å². The smallest absolute Gasteiger partial charge is 0.160 e. The molecule has 0 unspecified atom stereocenters. The average Bonchev–Trinajstić information content (AvgIpc) is 3.86. The van der Waals surface area contributed by atoms with E-state index >= 15 is 0 Å². The first-order valence-corrected chi connectivity index (χ1v) is 19.6. The molecule has 3 heterocycles. The molecule has 4 heteroatoms. The van der Waals surface area contributed by atoms with Gasteiger partial charge in [-0.2, -0.15) is 0 Å². The minimum atomic E-state index is 0.674. The summed E-state index contributed by atoms with van der Waals surface area (Å²) in [6, 6.07) is 68.3. The molecule has 0 radical (unpaired) electrons. The Labute approximate surface area is 327 Å². The summed E-state index contributed by atoms with van der Waals surface area (Å²) in [6.45, 7) is 0. The number of aromatic nitrogens is 2. The number of thiophene rings is 1. The number of furan rings is 1. The number of rotatable bonds is 6. The van der Waals surface area contributed by atoms with Gasteiger partial charge in [0.1, 0.15) is 11.2 Å². The van der Waals surface area contributed by atoms with E-state index in [1.165, 1.54) is 36.9 Å². The zero-order valence-electron chi connectivity index (χ0n) is 30.2. The Kier molecular flexibility index (Phi) is 7.68. The minimum absolute atomic E-state index is 0.674. The monoisotopic (exact) mass is 732 g/mol. The van der Waals surface area contributed by atoms with Crippen LogP contribution >= 0.6 is 11.3 Å². The average molecular weight is 733 g/mol. The maximum atomic E-state index is 6.80. The third-order valence-corrected chi connectivity index (χ3v) is 12.0. The Morgan fingerprint density at radius 1 is 0.375 bits per heavy atom. The van der Waals surface area contributed by atoms with Crippen molar-refractivity contribution in [2.75, 3.05) is 0 Å². The van der Waals surface area contributed by atoms with Crippen LogP contribution < -0.4 is 0 Å². The first-order chi connectivity index (χ1) is 27.7. The number of hydrogen-bond acceptors (Lipinski definition) is 4. The standard InChI is InChI=1S/C52H32N2OS/c1-3-12-33(13-4-1)34-22-24-35(25-23-34)36-26-28-38(29-27-36)52-53-45(37-14-5-2-6-15-37)32-46(54-52)43-31-30-40(50-49(43)44-17-7-9-20-47(44)55-50)42-19-11-18-41-39-16-8-10-21-48(39)56-51(41)42/h1-32H. The number of fused-ring (bicyclic) bond motifs is 6. The van der Waals surface area contributed by atoms with Gasteiger partial charge in [-0.05, 0) is 46.5 Å². The van der Waals surface area contributed by atoms with Gasteiger partial charge in [0.15, 0.2) is 5.82 Å². The van der Waals surface area contributed by atoms with Crippen molar-refractivity contribution in [3.8, 4) is 67.3 Å². The third kappa shape index (κ3) is 5.50. The lowest BCUT2D eigenvalue weighted by molar-refractivity contribution is 0.670. The molecule has 0 aliphatic carbocycles. The van der Waals surface area contributed by atoms with Crippen molar-refractivity contribution in [2.45, 2.75) is 0 Å². The molecule has 56 heavy (non-hydrogen) atoms. The van der Waals surface area contributed by atoms with E-state index in [2.05, 4.69) is 176 Å². The van der Waals surface area contributed by atoms with Crippen LogP contribution in [0.3, 0.4) is 0 Å². The summed E-state index contributed by atoms with van der Waals surface area (Å²) < 4.78 is 9.34. The molecule has 11 rings (SSSR count). The quantitative estimate of drug-likeness (QED) is 0.171. The normalized spacial score (nSPS) is 11.6. The molecule has 11 aromatic rings. The van der Waals surface area contributed by atoms with Crippen LogP contribution in [0.5, 0.6) is 0 Å². The van der Waals surface area contributed by atoms with Gasteiger partial charge < -0.3 is 4.42 Å². The molecule has 3 aromatic heterocycles. The summed E-state index contributed by atoms with van der Waals surface area (Å²) in [5.41, 5.74) is 13.4. The zero-order valence-corrected chi connectivity index (χ0v) is 31.0. The predicted molar refractivity (Wildman–Crippen MR) is 235 cm³/mol. The lowest BCUT2D eigenvalue weighted by atomic mass is 9.95. The van der Waals surface area contributed by atoms with Gasteiger partial charge in [-0.15, -0.1) is 11.3 Å². The molecular weight excluding hydrogens is 701 g/mol. The molecule has 0 aliphatic rings. The second-order valence-electron chi connectivity index (χ2n) is 14.1. The minimum Gasteiger partial charge on any atom is -0.455 e. The molecule has 0 spiro atoms. The van der Waals surface area contributed by atoms with Crippen molar-refractivity contribution in [3.05, 3.63) is 194 Å². The molecule has 0 saturated heterocycles. The molecule has 0 amide bonds. The van der Waals surface area contributed by atoms with Crippen molar-refractivity contribution in [3.63, 3.8) is 0 Å². The van der Waals surface area contributed by atoms with Gasteiger partial charge in [0.25, 0.3) is 0 Å². The fraction of sp³-hybridized carbons (Fsp3) is 0. The summed E-state index contributed by atoms with van der Waals surface area (Å²) in [5.74, 6) is 0.674. The van der Waals surface area contributed by atoms with Gasteiger partial charge in [0, 0.05) is 58.8 Å². The summed E-state index contributed by atoms with van der Waals surface area (Å²) in [5, 5.41) is 4.66. The second kappa shape index (κ2) is 13.3. The summed E-state index contributed by atoms with van der Waals surface area (Å²) >= 11 is 1.84. The topological polar surface area (TPSA) is 38.9 Å². The maximum Gasteiger partial charge on any atom is 0.160 e. The maximum absolute atomic E-state index is 6.80. The lowest BCUT2D eigenvalue weighted by Crippen LogP contribution is -1.96. The Balaban J connectivity index is 1.06. The van der Waals surface area contributed by atoms with Crippen molar-refractivity contribution in [1.29, 1.82) is 0 Å². The molecule has 0 N–H and O–H groups in total. The molecule has 0 fully saturated rings. The highest BCUT2D eigenvalue weighted by atomic mass is 32.1. The van der Waals surface area contributed by atoms with Crippen LogP contribution in [-0.4, -0.2) is 9.97 Å². The van der Waals surface area contributed by atoms with Crippen LogP contribution in [0.25, 0.3) is 109 Å². The van der Waals surface area contributed by atoms with Gasteiger partial charge in [0.2, 0.25) is 0 Å². The molecule has 0 saturated carbocycles. The molecule has 0 atom stereocenters. The van der Waals surface area contributed by atoms with E-state index in [0.717, 1.165) is 66.7 Å². The van der Waals surface area contributed by atoms with E-state index in [4.69, 9.17) is 14.4 Å². The van der Waals surface area contributed by atoms with Gasteiger partial charge in [0.05, 0.1) is 11.4 Å². The summed E-state index contributed by atoms with van der Waals surface area (Å²) in [6.07, 6.45) is 0. The van der Waals surface area contributed by atoms with Crippen LogP contribution in [0.2, 0.25) is 0 Å². The first-order valence-electron chi connectivity index (χ1n) is 18.8. The van der Waals surface area contributed by atoms with E-state index in [-0.39, 0.29) is 0 Å². The van der Waals surface area contributed by atoms with Crippen LogP contribution in [0.1, 0.15) is 0 Å². The van der Waals surface area contributed by atoms with Crippen molar-refractivity contribution >= 4 is 53.4 Å². The summed E-state index contributed by atoms with van der Waals surface area (Å²) in [7, 11) is 0. The first kappa shape index (κ1) is 32.3. The molecule has 0 aliphatic heterocycles. The van der Waals surface area contributed by atoms with E-state index < -0.39 is 0 Å². The molecule has 3 nitrogen and oxygen atoms in total. The van der Waals surface area contributed by atoms with Crippen molar-refractivity contribution < 1.29 is 4.42 Å². The van der Waals surface area contributed by atoms with E-state index in [0.29, 0.717) is 5.82 Å². The SMILES string of the molecule is c1ccc(-c2ccc(-c3ccc(-c4nc(-c5ccccc5)cc(-c5ccc(-c6cccc7c6sc6ccccc67)c6oc7ccccc7c56)n4)cc3)cc2)cc1. The van der Waals surface area contributed by atoms with Gasteiger partial charge in [-0.1, -0.05) is 170 Å². The van der Waals surface area contributed by atoms with E-state index in [1.54, 1.807) is 0 Å². The third-order valence-electron chi connectivity index (χ3n) is 10.8. The van der Waals surface area contributed by atoms with E-state index in [9.17, 15) is 0 Å². The fourth-order valence-electron chi connectivity index (χ4n) is 7.98. The van der Waals surface area contributed by atoms with Crippen LogP contribution in [-0.2, 0) is 0 Å².